The van der Waals surface area contributed by atoms with Crippen LogP contribution >= 0.6 is 0 Å². The van der Waals surface area contributed by atoms with Crippen LogP contribution in [0.5, 0.6) is 0 Å². The van der Waals surface area contributed by atoms with Crippen molar-refractivity contribution in [2.24, 2.45) is 0 Å². The molecule has 0 aliphatic carbocycles. The van der Waals surface area contributed by atoms with Gasteiger partial charge in [-0.1, -0.05) is 26.2 Å². The van der Waals surface area contributed by atoms with Gasteiger partial charge >= 0.3 is 5.97 Å². The summed E-state index contributed by atoms with van der Waals surface area (Å²) in [5, 5.41) is 10.2. The van der Waals surface area contributed by atoms with Crippen LogP contribution in [0, 0.1) is 0 Å². The molecule has 0 aliphatic rings. The van der Waals surface area contributed by atoms with Crippen molar-refractivity contribution in [3.05, 3.63) is 23.7 Å². The van der Waals surface area contributed by atoms with Crippen molar-refractivity contribution in [2.45, 2.75) is 45.1 Å². The van der Waals surface area contributed by atoms with Gasteiger partial charge in [0.05, 0.1) is 7.11 Å². The maximum absolute atomic E-state index is 11.2. The number of ether oxygens (including phenoxy) is 1. The zero-order chi connectivity index (χ0) is 12.9. The van der Waals surface area contributed by atoms with E-state index < -0.39 is 11.6 Å². The van der Waals surface area contributed by atoms with E-state index in [0.717, 1.165) is 19.3 Å². The predicted molar refractivity (Wildman–Crippen MR) is 63.8 cm³/mol. The first-order chi connectivity index (χ1) is 8.01. The maximum atomic E-state index is 11.2. The minimum Gasteiger partial charge on any atom is -0.463 e. The van der Waals surface area contributed by atoms with Gasteiger partial charge in [0.15, 0.2) is 0 Å². The van der Waals surface area contributed by atoms with Gasteiger partial charge in [0.25, 0.3) is 0 Å². The number of furan rings is 1. The average Bonchev–Trinajstić information content (AvgIpc) is 2.78. The van der Waals surface area contributed by atoms with Crippen LogP contribution in [0.1, 0.15) is 55.8 Å². The fourth-order valence-electron chi connectivity index (χ4n) is 1.68. The Morgan fingerprint density at radius 2 is 2.18 bits per heavy atom. The summed E-state index contributed by atoms with van der Waals surface area (Å²) in [6.07, 6.45) is 3.72. The normalized spacial score (nSPS) is 14.4. The van der Waals surface area contributed by atoms with Crippen LogP contribution in [0.25, 0.3) is 0 Å². The van der Waals surface area contributed by atoms with Crippen molar-refractivity contribution in [2.75, 3.05) is 7.11 Å². The molecule has 4 nitrogen and oxygen atoms in total. The zero-order valence-corrected chi connectivity index (χ0v) is 10.7. The second kappa shape index (κ2) is 5.87. The second-order valence-electron chi connectivity index (χ2n) is 4.39. The lowest BCUT2D eigenvalue weighted by atomic mass is 9.96. The SMILES string of the molecule is CCCCCC(C)(O)c1ccc(C(=O)OC)o1. The number of carbonyl (C=O) groups is 1. The minimum atomic E-state index is -1.03. The number of aliphatic hydroxyl groups is 1. The molecule has 1 heterocycles. The van der Waals surface area contributed by atoms with Gasteiger partial charge in [-0.3, -0.25) is 0 Å². The van der Waals surface area contributed by atoms with E-state index in [4.69, 9.17) is 4.42 Å². The third-order valence-electron chi connectivity index (χ3n) is 2.79. The summed E-state index contributed by atoms with van der Waals surface area (Å²) in [7, 11) is 1.30. The summed E-state index contributed by atoms with van der Waals surface area (Å²) in [5.74, 6) is 0.00729. The Morgan fingerprint density at radius 3 is 2.76 bits per heavy atom. The molecule has 0 saturated carbocycles. The van der Waals surface area contributed by atoms with Gasteiger partial charge in [-0.2, -0.15) is 0 Å². The van der Waals surface area contributed by atoms with Crippen LogP contribution in [-0.2, 0) is 10.3 Å². The standard InChI is InChI=1S/C13H20O4/c1-4-5-6-9-13(2,15)11-8-7-10(17-11)12(14)16-3/h7-8,15H,4-6,9H2,1-3H3. The molecule has 1 N–H and O–H groups in total. The van der Waals surface area contributed by atoms with Gasteiger partial charge in [-0.15, -0.1) is 0 Å². The highest BCUT2D eigenvalue weighted by Crippen LogP contribution is 2.28. The quantitative estimate of drug-likeness (QED) is 0.613. The lowest BCUT2D eigenvalue weighted by Gasteiger charge is -2.20. The molecule has 1 atom stereocenters. The van der Waals surface area contributed by atoms with Crippen molar-refractivity contribution in [1.82, 2.24) is 0 Å². The minimum absolute atomic E-state index is 0.123. The molecule has 96 valence electrons. The van der Waals surface area contributed by atoms with Crippen molar-refractivity contribution in [1.29, 1.82) is 0 Å². The molecule has 0 fully saturated rings. The van der Waals surface area contributed by atoms with Crippen LogP contribution in [0.15, 0.2) is 16.5 Å². The van der Waals surface area contributed by atoms with E-state index in [2.05, 4.69) is 11.7 Å². The van der Waals surface area contributed by atoms with E-state index in [1.165, 1.54) is 13.2 Å². The third kappa shape index (κ3) is 3.60. The highest BCUT2D eigenvalue weighted by Gasteiger charge is 2.27. The molecule has 17 heavy (non-hydrogen) atoms. The van der Waals surface area contributed by atoms with Crippen LogP contribution in [-0.4, -0.2) is 18.2 Å². The second-order valence-corrected chi connectivity index (χ2v) is 4.39. The number of unbranched alkanes of at least 4 members (excludes halogenated alkanes) is 2. The number of hydrogen-bond acceptors (Lipinski definition) is 4. The topological polar surface area (TPSA) is 59.7 Å². The Bertz CT molecular complexity index is 365. The molecule has 1 rings (SSSR count). The van der Waals surface area contributed by atoms with E-state index in [1.807, 2.05) is 0 Å². The monoisotopic (exact) mass is 240 g/mol. The molecule has 0 amide bonds. The number of hydrogen-bond donors (Lipinski definition) is 1. The lowest BCUT2D eigenvalue weighted by Crippen LogP contribution is -2.20. The smallest absolute Gasteiger partial charge is 0.373 e. The van der Waals surface area contributed by atoms with Crippen LogP contribution in [0.4, 0.5) is 0 Å². The summed E-state index contributed by atoms with van der Waals surface area (Å²) in [4.78, 5) is 11.2. The molecule has 1 aromatic heterocycles. The van der Waals surface area contributed by atoms with Gasteiger partial charge in [0.2, 0.25) is 5.76 Å². The van der Waals surface area contributed by atoms with E-state index in [-0.39, 0.29) is 5.76 Å². The Morgan fingerprint density at radius 1 is 1.47 bits per heavy atom. The average molecular weight is 240 g/mol. The summed E-state index contributed by atoms with van der Waals surface area (Å²) in [6, 6.07) is 3.15. The van der Waals surface area contributed by atoms with Gasteiger partial charge in [-0.05, 0) is 25.5 Å². The van der Waals surface area contributed by atoms with Crippen LogP contribution in [0.2, 0.25) is 0 Å². The molecule has 0 aliphatic heterocycles. The molecule has 0 radical (unpaired) electrons. The Hall–Kier alpha value is -1.29. The van der Waals surface area contributed by atoms with E-state index in [0.29, 0.717) is 12.2 Å². The van der Waals surface area contributed by atoms with E-state index >= 15 is 0 Å². The molecule has 1 unspecified atom stereocenters. The van der Waals surface area contributed by atoms with Crippen molar-refractivity contribution in [3.63, 3.8) is 0 Å². The maximum Gasteiger partial charge on any atom is 0.373 e. The first-order valence-electron chi connectivity index (χ1n) is 5.92. The molecule has 0 aromatic carbocycles. The van der Waals surface area contributed by atoms with Crippen molar-refractivity contribution < 1.29 is 19.1 Å². The fraction of sp³-hybridized carbons (Fsp3) is 0.615. The van der Waals surface area contributed by atoms with E-state index in [9.17, 15) is 9.90 Å². The fourth-order valence-corrected chi connectivity index (χ4v) is 1.68. The number of carbonyl (C=O) groups excluding carboxylic acids is 1. The largest absolute Gasteiger partial charge is 0.463 e. The van der Waals surface area contributed by atoms with Crippen LogP contribution < -0.4 is 0 Å². The lowest BCUT2D eigenvalue weighted by molar-refractivity contribution is 0.0202. The molecule has 0 bridgehead atoms. The first kappa shape index (κ1) is 13.8. The highest BCUT2D eigenvalue weighted by atomic mass is 16.5. The summed E-state index contributed by atoms with van der Waals surface area (Å²) >= 11 is 0. The number of esters is 1. The Kier molecular flexibility index (Phi) is 4.75. The Balaban J connectivity index is 2.70. The third-order valence-corrected chi connectivity index (χ3v) is 2.79. The van der Waals surface area contributed by atoms with Gasteiger partial charge in [0, 0.05) is 0 Å². The molecule has 1 aromatic rings. The van der Waals surface area contributed by atoms with E-state index in [1.54, 1.807) is 13.0 Å². The van der Waals surface area contributed by atoms with Crippen molar-refractivity contribution >= 4 is 5.97 Å². The van der Waals surface area contributed by atoms with Gasteiger partial charge < -0.3 is 14.3 Å². The summed E-state index contributed by atoms with van der Waals surface area (Å²) < 4.78 is 9.85. The molecular weight excluding hydrogens is 220 g/mol. The first-order valence-corrected chi connectivity index (χ1v) is 5.92. The number of methoxy groups -OCH3 is 1. The van der Waals surface area contributed by atoms with Crippen molar-refractivity contribution in [3.8, 4) is 0 Å². The summed E-state index contributed by atoms with van der Waals surface area (Å²) in [6.45, 7) is 3.81. The van der Waals surface area contributed by atoms with Crippen LogP contribution in [0.3, 0.4) is 0 Å². The van der Waals surface area contributed by atoms with Gasteiger partial charge in [-0.25, -0.2) is 4.79 Å². The molecule has 0 saturated heterocycles. The Labute approximate surface area is 102 Å². The number of rotatable bonds is 6. The summed E-state index contributed by atoms with van der Waals surface area (Å²) in [5.41, 5.74) is -1.03. The molecule has 4 heteroatoms. The molecule has 0 spiro atoms. The highest BCUT2D eigenvalue weighted by molar-refractivity contribution is 5.86. The zero-order valence-electron chi connectivity index (χ0n) is 10.7. The molecular formula is C13H20O4. The van der Waals surface area contributed by atoms with Gasteiger partial charge in [0.1, 0.15) is 11.4 Å². The predicted octanol–water partition coefficient (Wildman–Crippen LogP) is 2.85.